The maximum absolute atomic E-state index is 12.1. The first-order valence-corrected chi connectivity index (χ1v) is 9.07. The zero-order chi connectivity index (χ0) is 19.6. The quantitative estimate of drug-likeness (QED) is 0.369. The first-order valence-electron chi connectivity index (χ1n) is 8.54. The van der Waals surface area contributed by atoms with Crippen LogP contribution in [0.25, 0.3) is 0 Å². The number of benzene rings is 1. The Morgan fingerprint density at radius 3 is 2.81 bits per heavy atom. The molecule has 2 amide bonds. The summed E-state index contributed by atoms with van der Waals surface area (Å²) < 4.78 is 16.5. The number of hydrogen-bond donors (Lipinski definition) is 2. The monoisotopic (exact) mass is 401 g/mol. The fourth-order valence-electron chi connectivity index (χ4n) is 2.76. The number of ether oxygens (including phenoxy) is 3. The molecule has 0 saturated carbocycles. The Kier molecular flexibility index (Phi) is 8.89. The van der Waals surface area contributed by atoms with E-state index in [9.17, 15) is 14.8 Å². The van der Waals surface area contributed by atoms with Gasteiger partial charge in [-0.1, -0.05) is 30.3 Å². The third-order valence-corrected chi connectivity index (χ3v) is 4.29. The number of urea groups is 1. The standard InChI is InChI=1S/C17H24ClN3O6/c1-25-16-15(22)14(19-17(23)21(20-24)8-7-18)9-13(27-16)11-26-10-12-5-3-2-4-6-12/h2-6,13-16,22H,7-11H2,1H3,(H,19,23)/t13-,14-,15+,16+/m0/s1. The summed E-state index contributed by atoms with van der Waals surface area (Å²) in [6, 6.07) is 8.23. The molecule has 1 heterocycles. The number of carbonyl (C=O) groups excluding carboxylic acids is 1. The average molecular weight is 402 g/mol. The fraction of sp³-hybridized carbons (Fsp3) is 0.588. The maximum Gasteiger partial charge on any atom is 0.340 e. The van der Waals surface area contributed by atoms with Gasteiger partial charge in [-0.15, -0.1) is 16.5 Å². The van der Waals surface area contributed by atoms with E-state index in [1.807, 2.05) is 30.3 Å². The maximum atomic E-state index is 12.1. The van der Waals surface area contributed by atoms with Gasteiger partial charge in [0.2, 0.25) is 0 Å². The van der Waals surface area contributed by atoms with Crippen LogP contribution >= 0.6 is 11.6 Å². The topological polar surface area (TPSA) is 110 Å². The first kappa shape index (κ1) is 21.5. The van der Waals surface area contributed by atoms with E-state index in [1.165, 1.54) is 7.11 Å². The van der Waals surface area contributed by atoms with Gasteiger partial charge in [0.25, 0.3) is 0 Å². The third-order valence-electron chi connectivity index (χ3n) is 4.12. The van der Waals surface area contributed by atoms with Gasteiger partial charge in [0.05, 0.1) is 37.2 Å². The van der Waals surface area contributed by atoms with Crippen molar-refractivity contribution < 1.29 is 24.1 Å². The molecule has 9 nitrogen and oxygen atoms in total. The van der Waals surface area contributed by atoms with E-state index in [-0.39, 0.29) is 25.5 Å². The van der Waals surface area contributed by atoms with E-state index >= 15 is 0 Å². The van der Waals surface area contributed by atoms with Gasteiger partial charge in [0.15, 0.2) is 6.29 Å². The van der Waals surface area contributed by atoms with E-state index in [2.05, 4.69) is 10.6 Å². The second kappa shape index (κ2) is 11.2. The summed E-state index contributed by atoms with van der Waals surface area (Å²) in [6.07, 6.45) is -2.15. The summed E-state index contributed by atoms with van der Waals surface area (Å²) in [5.41, 5.74) is 1.02. The lowest BCUT2D eigenvalue weighted by atomic mass is 10.00. The van der Waals surface area contributed by atoms with Gasteiger partial charge in [0.1, 0.15) is 6.10 Å². The third kappa shape index (κ3) is 6.40. The van der Waals surface area contributed by atoms with Gasteiger partial charge in [-0.3, -0.25) is 0 Å². The van der Waals surface area contributed by atoms with Crippen molar-refractivity contribution in [1.29, 1.82) is 0 Å². The molecular formula is C17H24ClN3O6. The van der Waals surface area contributed by atoms with Crippen molar-refractivity contribution in [2.24, 2.45) is 5.29 Å². The number of nitrogens with one attached hydrogen (secondary N) is 1. The van der Waals surface area contributed by atoms with Gasteiger partial charge in [-0.25, -0.2) is 4.79 Å². The van der Waals surface area contributed by atoms with E-state index in [1.54, 1.807) is 0 Å². The van der Waals surface area contributed by atoms with Gasteiger partial charge in [0, 0.05) is 13.0 Å². The van der Waals surface area contributed by atoms with E-state index in [0.717, 1.165) is 5.56 Å². The van der Waals surface area contributed by atoms with Crippen LogP contribution in [0.3, 0.4) is 0 Å². The number of carbonyl (C=O) groups is 1. The smallest absolute Gasteiger partial charge is 0.340 e. The molecule has 10 heteroatoms. The molecular weight excluding hydrogens is 378 g/mol. The van der Waals surface area contributed by atoms with Crippen LogP contribution in [0.2, 0.25) is 0 Å². The van der Waals surface area contributed by atoms with Gasteiger partial charge in [-0.05, 0) is 12.0 Å². The van der Waals surface area contributed by atoms with Crippen molar-refractivity contribution in [1.82, 2.24) is 10.3 Å². The molecule has 1 aliphatic rings. The Morgan fingerprint density at radius 2 is 2.19 bits per heavy atom. The molecule has 1 aromatic carbocycles. The van der Waals surface area contributed by atoms with E-state index in [0.29, 0.717) is 11.6 Å². The lowest BCUT2D eigenvalue weighted by molar-refractivity contribution is -0.244. The number of nitroso groups, excluding NO2 is 1. The molecule has 1 fully saturated rings. The molecule has 150 valence electrons. The highest BCUT2D eigenvalue weighted by molar-refractivity contribution is 6.18. The van der Waals surface area contributed by atoms with Crippen molar-refractivity contribution in [3.63, 3.8) is 0 Å². The predicted molar refractivity (Wildman–Crippen MR) is 97.9 cm³/mol. The molecule has 1 aromatic rings. The Hall–Kier alpha value is -1.78. The van der Waals surface area contributed by atoms with Crippen LogP contribution in [0, 0.1) is 4.91 Å². The van der Waals surface area contributed by atoms with E-state index in [4.69, 9.17) is 25.8 Å². The SMILES string of the molecule is CO[C@@H]1O[C@H](COCc2ccccc2)C[C@H](NC(=O)N(CCCl)N=O)[C@H]1O. The Bertz CT molecular complexity index is 593. The molecule has 0 aromatic heterocycles. The summed E-state index contributed by atoms with van der Waals surface area (Å²) in [4.78, 5) is 22.9. The predicted octanol–water partition coefficient (Wildman–Crippen LogP) is 1.63. The Labute approximate surface area is 162 Å². The summed E-state index contributed by atoms with van der Waals surface area (Å²) in [5.74, 6) is 0.0616. The van der Waals surface area contributed by atoms with Crippen LogP contribution in [0.15, 0.2) is 35.6 Å². The molecule has 0 unspecified atom stereocenters. The molecule has 0 radical (unpaired) electrons. The van der Waals surface area contributed by atoms with Crippen LogP contribution in [0.4, 0.5) is 4.79 Å². The zero-order valence-corrected chi connectivity index (χ0v) is 15.7. The van der Waals surface area contributed by atoms with Gasteiger partial charge >= 0.3 is 6.03 Å². The highest BCUT2D eigenvalue weighted by atomic mass is 35.5. The number of aliphatic hydroxyl groups excluding tert-OH is 1. The number of alkyl halides is 1. The number of methoxy groups -OCH3 is 1. The molecule has 0 bridgehead atoms. The van der Waals surface area contributed by atoms with Gasteiger partial charge < -0.3 is 24.6 Å². The summed E-state index contributed by atoms with van der Waals surface area (Å²) in [7, 11) is 1.40. The fourth-order valence-corrected chi connectivity index (χ4v) is 2.92. The number of rotatable bonds is 9. The number of halogens is 1. The highest BCUT2D eigenvalue weighted by Gasteiger charge is 2.39. The van der Waals surface area contributed by atoms with Crippen LogP contribution in [-0.2, 0) is 20.8 Å². The molecule has 1 aliphatic heterocycles. The molecule has 2 rings (SSSR count). The average Bonchev–Trinajstić information content (AvgIpc) is 2.69. The van der Waals surface area contributed by atoms with Crippen molar-refractivity contribution >= 4 is 17.6 Å². The second-order valence-electron chi connectivity index (χ2n) is 6.04. The lowest BCUT2D eigenvalue weighted by Gasteiger charge is -2.39. The van der Waals surface area contributed by atoms with Crippen LogP contribution in [0.5, 0.6) is 0 Å². The van der Waals surface area contributed by atoms with Gasteiger partial charge in [-0.2, -0.15) is 5.01 Å². The minimum atomic E-state index is -1.10. The van der Waals surface area contributed by atoms with Crippen LogP contribution in [0.1, 0.15) is 12.0 Å². The Balaban J connectivity index is 1.91. The van der Waals surface area contributed by atoms with Crippen molar-refractivity contribution in [2.75, 3.05) is 26.1 Å². The molecule has 1 saturated heterocycles. The summed E-state index contributed by atoms with van der Waals surface area (Å²) in [6.45, 7) is 0.634. The minimum Gasteiger partial charge on any atom is -0.386 e. The number of amides is 2. The van der Waals surface area contributed by atoms with Crippen LogP contribution in [-0.4, -0.2) is 66.8 Å². The number of nitrogens with zero attached hydrogens (tertiary/aromatic N) is 2. The normalized spacial score (nSPS) is 25.0. The largest absolute Gasteiger partial charge is 0.386 e. The van der Waals surface area contributed by atoms with E-state index < -0.39 is 30.6 Å². The van der Waals surface area contributed by atoms with Crippen molar-refractivity contribution in [2.45, 2.75) is 37.6 Å². The van der Waals surface area contributed by atoms with Crippen LogP contribution < -0.4 is 5.32 Å². The second-order valence-corrected chi connectivity index (χ2v) is 6.42. The summed E-state index contributed by atoms with van der Waals surface area (Å²) >= 11 is 5.54. The molecule has 0 spiro atoms. The molecule has 2 N–H and O–H groups in total. The summed E-state index contributed by atoms with van der Waals surface area (Å²) in [5, 5.41) is 16.2. The first-order chi connectivity index (χ1) is 13.1. The minimum absolute atomic E-state index is 0.0342. The lowest BCUT2D eigenvalue weighted by Crippen LogP contribution is -2.58. The highest BCUT2D eigenvalue weighted by Crippen LogP contribution is 2.22. The number of aliphatic hydroxyl groups is 1. The Morgan fingerprint density at radius 1 is 1.44 bits per heavy atom. The number of hydrogen-bond acceptors (Lipinski definition) is 7. The zero-order valence-electron chi connectivity index (χ0n) is 15.0. The molecule has 0 aliphatic carbocycles. The molecule has 27 heavy (non-hydrogen) atoms. The van der Waals surface area contributed by atoms with Crippen molar-refractivity contribution in [3.05, 3.63) is 40.8 Å². The van der Waals surface area contributed by atoms with Crippen molar-refractivity contribution in [3.8, 4) is 0 Å². The molecule has 4 atom stereocenters.